The number of nitrogens with one attached hydrogen (secondary N) is 1. The van der Waals surface area contributed by atoms with E-state index in [9.17, 15) is 17.9 Å². The van der Waals surface area contributed by atoms with E-state index in [-0.39, 0.29) is 21.6 Å². The third-order valence-electron chi connectivity index (χ3n) is 2.44. The van der Waals surface area contributed by atoms with Gasteiger partial charge in [-0.25, -0.2) is 12.8 Å². The number of anilines is 2. The predicted octanol–water partition coefficient (Wildman–Crippen LogP) is 2.68. The molecule has 0 unspecified atom stereocenters. The maximum absolute atomic E-state index is 13.8. The van der Waals surface area contributed by atoms with Crippen molar-refractivity contribution in [3.05, 3.63) is 46.7 Å². The lowest BCUT2D eigenvalue weighted by atomic mass is 10.3. The molecular formula is C12H10BrFN2O3S. The molecule has 106 valence electrons. The molecule has 0 fully saturated rings. The molecule has 0 radical (unpaired) electrons. The maximum Gasteiger partial charge on any atom is 0.264 e. The molecule has 0 spiro atoms. The largest absolute Gasteiger partial charge is 0.508 e. The SMILES string of the molecule is Nc1cc(S(=O)(=O)Nc2cccc(O)c2)c(F)cc1Br. The first kappa shape index (κ1) is 14.6. The highest BCUT2D eigenvalue weighted by Gasteiger charge is 2.21. The van der Waals surface area contributed by atoms with Gasteiger partial charge in [0, 0.05) is 16.2 Å². The first-order valence-electron chi connectivity index (χ1n) is 5.36. The number of rotatable bonds is 3. The summed E-state index contributed by atoms with van der Waals surface area (Å²) in [4.78, 5) is -0.568. The number of hydrogen-bond acceptors (Lipinski definition) is 4. The molecule has 2 rings (SSSR count). The third kappa shape index (κ3) is 3.02. The minimum atomic E-state index is -4.14. The lowest BCUT2D eigenvalue weighted by Gasteiger charge is -2.10. The minimum absolute atomic E-state index is 0.0997. The minimum Gasteiger partial charge on any atom is -0.508 e. The van der Waals surface area contributed by atoms with Gasteiger partial charge in [-0.2, -0.15) is 0 Å². The van der Waals surface area contributed by atoms with Gasteiger partial charge in [-0.05, 0) is 40.2 Å². The zero-order valence-electron chi connectivity index (χ0n) is 9.97. The Hall–Kier alpha value is -1.80. The van der Waals surface area contributed by atoms with E-state index in [1.165, 1.54) is 24.3 Å². The van der Waals surface area contributed by atoms with Gasteiger partial charge in [-0.1, -0.05) is 6.07 Å². The van der Waals surface area contributed by atoms with E-state index in [1.807, 2.05) is 0 Å². The van der Waals surface area contributed by atoms with Crippen LogP contribution in [0, 0.1) is 5.82 Å². The lowest BCUT2D eigenvalue weighted by Crippen LogP contribution is -2.15. The number of nitrogens with two attached hydrogens (primary N) is 1. The third-order valence-corrected chi connectivity index (χ3v) is 4.52. The highest BCUT2D eigenvalue weighted by molar-refractivity contribution is 9.10. The normalized spacial score (nSPS) is 11.3. The number of sulfonamides is 1. The van der Waals surface area contributed by atoms with Crippen molar-refractivity contribution in [1.82, 2.24) is 0 Å². The van der Waals surface area contributed by atoms with Crippen LogP contribution in [0.4, 0.5) is 15.8 Å². The van der Waals surface area contributed by atoms with Gasteiger partial charge in [0.1, 0.15) is 16.5 Å². The number of nitrogen functional groups attached to an aromatic ring is 1. The number of benzene rings is 2. The van der Waals surface area contributed by atoms with E-state index in [1.54, 1.807) is 0 Å². The van der Waals surface area contributed by atoms with Gasteiger partial charge in [-0.15, -0.1) is 0 Å². The maximum atomic E-state index is 13.8. The summed E-state index contributed by atoms with van der Waals surface area (Å²) in [6, 6.07) is 7.47. The molecule has 0 aliphatic rings. The Kier molecular flexibility index (Phi) is 3.87. The van der Waals surface area contributed by atoms with E-state index in [0.717, 1.165) is 12.1 Å². The van der Waals surface area contributed by atoms with Crippen LogP contribution in [0.2, 0.25) is 0 Å². The Bertz CT molecular complexity index is 765. The molecule has 2 aromatic carbocycles. The van der Waals surface area contributed by atoms with Crippen LogP contribution in [0.3, 0.4) is 0 Å². The molecule has 0 heterocycles. The van der Waals surface area contributed by atoms with Crippen LogP contribution in [-0.4, -0.2) is 13.5 Å². The summed E-state index contributed by atoms with van der Waals surface area (Å²) in [6.45, 7) is 0. The van der Waals surface area contributed by atoms with Gasteiger partial charge in [0.15, 0.2) is 0 Å². The topological polar surface area (TPSA) is 92.4 Å². The Labute approximate surface area is 123 Å². The fraction of sp³-hybridized carbons (Fsp3) is 0. The lowest BCUT2D eigenvalue weighted by molar-refractivity contribution is 0.475. The molecule has 0 bridgehead atoms. The van der Waals surface area contributed by atoms with Crippen molar-refractivity contribution in [2.75, 3.05) is 10.5 Å². The first-order chi connectivity index (χ1) is 9.29. The van der Waals surface area contributed by atoms with Crippen LogP contribution < -0.4 is 10.5 Å². The summed E-state index contributed by atoms with van der Waals surface area (Å²) in [6.07, 6.45) is 0. The Morgan fingerprint density at radius 2 is 1.95 bits per heavy atom. The zero-order chi connectivity index (χ0) is 14.9. The summed E-state index contributed by atoms with van der Waals surface area (Å²) >= 11 is 3.01. The van der Waals surface area contributed by atoms with Crippen molar-refractivity contribution < 1.29 is 17.9 Å². The standard InChI is InChI=1S/C12H10BrFN2O3S/c13-9-5-10(14)12(6-11(9)15)20(18,19)16-7-2-1-3-8(17)4-7/h1-6,16-17H,15H2. The van der Waals surface area contributed by atoms with Crippen molar-refractivity contribution in [2.45, 2.75) is 4.90 Å². The highest BCUT2D eigenvalue weighted by Crippen LogP contribution is 2.27. The van der Waals surface area contributed by atoms with E-state index in [2.05, 4.69) is 20.7 Å². The molecule has 0 aromatic heterocycles. The van der Waals surface area contributed by atoms with Crippen molar-refractivity contribution in [2.24, 2.45) is 0 Å². The fourth-order valence-electron chi connectivity index (χ4n) is 1.53. The molecule has 2 aromatic rings. The fourth-order valence-corrected chi connectivity index (χ4v) is 2.99. The zero-order valence-corrected chi connectivity index (χ0v) is 12.4. The summed E-state index contributed by atoms with van der Waals surface area (Å²) < 4.78 is 40.4. The van der Waals surface area contributed by atoms with Crippen molar-refractivity contribution in [1.29, 1.82) is 0 Å². The molecular weight excluding hydrogens is 351 g/mol. The van der Waals surface area contributed by atoms with Gasteiger partial charge in [0.25, 0.3) is 10.0 Å². The molecule has 0 aliphatic carbocycles. The van der Waals surface area contributed by atoms with Crippen molar-refractivity contribution in [3.8, 4) is 5.75 Å². The molecule has 5 nitrogen and oxygen atoms in total. The second-order valence-corrected chi connectivity index (χ2v) is 6.47. The van der Waals surface area contributed by atoms with Crippen molar-refractivity contribution in [3.63, 3.8) is 0 Å². The van der Waals surface area contributed by atoms with Crippen LogP contribution in [0.1, 0.15) is 0 Å². The summed E-state index contributed by atoms with van der Waals surface area (Å²) in [5.41, 5.74) is 5.77. The Morgan fingerprint density at radius 3 is 2.60 bits per heavy atom. The van der Waals surface area contributed by atoms with Crippen LogP contribution in [-0.2, 0) is 10.0 Å². The summed E-state index contributed by atoms with van der Waals surface area (Å²) in [5.74, 6) is -1.04. The molecule has 4 N–H and O–H groups in total. The smallest absolute Gasteiger partial charge is 0.264 e. The molecule has 0 atom stereocenters. The quantitative estimate of drug-likeness (QED) is 0.733. The summed E-state index contributed by atoms with van der Waals surface area (Å²) in [5, 5.41) is 9.28. The first-order valence-corrected chi connectivity index (χ1v) is 7.63. The van der Waals surface area contributed by atoms with Gasteiger partial charge in [0.05, 0.1) is 5.69 Å². The van der Waals surface area contributed by atoms with Crippen LogP contribution >= 0.6 is 15.9 Å². The average molecular weight is 361 g/mol. The van der Waals surface area contributed by atoms with Gasteiger partial charge in [-0.3, -0.25) is 4.72 Å². The molecule has 0 saturated heterocycles. The Balaban J connectivity index is 2.43. The number of phenolic OH excluding ortho intramolecular Hbond substituents is 1. The van der Waals surface area contributed by atoms with E-state index < -0.39 is 20.7 Å². The second kappa shape index (κ2) is 5.29. The number of aromatic hydroxyl groups is 1. The molecule has 0 amide bonds. The number of halogens is 2. The van der Waals surface area contributed by atoms with Crippen molar-refractivity contribution >= 4 is 37.3 Å². The van der Waals surface area contributed by atoms with Crippen LogP contribution in [0.25, 0.3) is 0 Å². The average Bonchev–Trinajstić information content (AvgIpc) is 2.33. The van der Waals surface area contributed by atoms with Gasteiger partial charge < -0.3 is 10.8 Å². The second-order valence-electron chi connectivity index (χ2n) is 3.96. The predicted molar refractivity (Wildman–Crippen MR) is 77.4 cm³/mol. The van der Waals surface area contributed by atoms with Crippen LogP contribution in [0.15, 0.2) is 45.8 Å². The molecule has 8 heteroatoms. The monoisotopic (exact) mass is 360 g/mol. The number of hydrogen-bond donors (Lipinski definition) is 3. The van der Waals surface area contributed by atoms with Gasteiger partial charge >= 0.3 is 0 Å². The van der Waals surface area contributed by atoms with Gasteiger partial charge in [0.2, 0.25) is 0 Å². The highest BCUT2D eigenvalue weighted by atomic mass is 79.9. The summed E-state index contributed by atoms with van der Waals surface area (Å²) in [7, 11) is -4.14. The molecule has 0 saturated carbocycles. The van der Waals surface area contributed by atoms with E-state index >= 15 is 0 Å². The van der Waals surface area contributed by atoms with E-state index in [4.69, 9.17) is 5.73 Å². The Morgan fingerprint density at radius 1 is 1.25 bits per heavy atom. The molecule has 20 heavy (non-hydrogen) atoms. The van der Waals surface area contributed by atoms with E-state index in [0.29, 0.717) is 0 Å². The number of phenols is 1. The van der Waals surface area contributed by atoms with Crippen LogP contribution in [0.5, 0.6) is 5.75 Å². The molecule has 0 aliphatic heterocycles.